The Morgan fingerprint density at radius 1 is 1.31 bits per heavy atom. The van der Waals surface area contributed by atoms with E-state index in [0.29, 0.717) is 11.2 Å². The maximum Gasteiger partial charge on any atom is 0.244 e. The molecule has 0 aliphatic carbocycles. The number of anilines is 1. The summed E-state index contributed by atoms with van der Waals surface area (Å²) in [5.41, 5.74) is 1.22. The van der Waals surface area contributed by atoms with Gasteiger partial charge in [0.1, 0.15) is 5.52 Å². The fourth-order valence-corrected chi connectivity index (χ4v) is 1.61. The Labute approximate surface area is 92.1 Å². The van der Waals surface area contributed by atoms with Crippen molar-refractivity contribution in [3.05, 3.63) is 24.4 Å². The maximum absolute atomic E-state index is 11.3. The third-order valence-electron chi connectivity index (χ3n) is 2.20. The van der Waals surface area contributed by atoms with Crippen molar-refractivity contribution in [2.24, 2.45) is 0 Å². The Balaban J connectivity index is 2.68. The molecule has 0 aliphatic rings. The van der Waals surface area contributed by atoms with Crippen LogP contribution in [0.15, 0.2) is 24.4 Å². The zero-order valence-electron chi connectivity index (χ0n) is 9.02. The summed E-state index contributed by atoms with van der Waals surface area (Å²) in [6.07, 6.45) is 1.60. The highest BCUT2D eigenvalue weighted by Crippen LogP contribution is 2.22. The normalized spacial score (nSPS) is 10.4. The molecule has 2 rings (SSSR count). The molecule has 5 heteroatoms. The van der Waals surface area contributed by atoms with E-state index in [1.54, 1.807) is 18.3 Å². The molecule has 0 saturated heterocycles. The number of fused-ring (bicyclic) bond motifs is 1. The Bertz CT molecular complexity index is 572. The topological polar surface area (TPSA) is 64.0 Å². The van der Waals surface area contributed by atoms with E-state index >= 15 is 0 Å². The van der Waals surface area contributed by atoms with Gasteiger partial charge in [-0.05, 0) is 6.07 Å². The van der Waals surface area contributed by atoms with Crippen LogP contribution in [0.25, 0.3) is 10.9 Å². The number of benzene rings is 1. The van der Waals surface area contributed by atoms with Gasteiger partial charge in [0, 0.05) is 19.2 Å². The molecule has 0 atom stereocenters. The number of carbonyl (C=O) groups is 2. The quantitative estimate of drug-likeness (QED) is 0.790. The molecule has 2 aromatic rings. The van der Waals surface area contributed by atoms with Crippen molar-refractivity contribution in [2.75, 3.05) is 5.32 Å². The summed E-state index contributed by atoms with van der Waals surface area (Å²) in [7, 11) is 0. The molecule has 0 saturated carbocycles. The average Bonchev–Trinajstić information content (AvgIpc) is 2.61. The van der Waals surface area contributed by atoms with Crippen LogP contribution >= 0.6 is 0 Å². The molecule has 0 bridgehead atoms. The van der Waals surface area contributed by atoms with Gasteiger partial charge in [-0.1, -0.05) is 12.1 Å². The average molecular weight is 217 g/mol. The van der Waals surface area contributed by atoms with Gasteiger partial charge in [0.25, 0.3) is 0 Å². The fraction of sp³-hybridized carbons (Fsp3) is 0.182. The number of nitrogens with zero attached hydrogens (tertiary/aromatic N) is 2. The third-order valence-corrected chi connectivity index (χ3v) is 2.20. The molecule has 0 aliphatic heterocycles. The standard InChI is InChI=1S/C11H11N3O2/c1-7(15)13-10-5-3-4-9-6-12-14(8(2)16)11(9)10/h3-6H,1-2H3,(H,13,15). The number of carbonyl (C=O) groups excluding carboxylic acids is 2. The highest BCUT2D eigenvalue weighted by molar-refractivity contribution is 6.02. The molecule has 5 nitrogen and oxygen atoms in total. The summed E-state index contributed by atoms with van der Waals surface area (Å²) >= 11 is 0. The van der Waals surface area contributed by atoms with Crippen LogP contribution in [-0.2, 0) is 4.79 Å². The summed E-state index contributed by atoms with van der Waals surface area (Å²) in [5.74, 6) is -0.364. The summed E-state index contributed by atoms with van der Waals surface area (Å²) in [4.78, 5) is 22.4. The van der Waals surface area contributed by atoms with E-state index in [0.717, 1.165) is 5.39 Å². The second-order valence-electron chi connectivity index (χ2n) is 3.50. The van der Waals surface area contributed by atoms with Crippen LogP contribution in [0.4, 0.5) is 5.69 Å². The number of hydrogen-bond donors (Lipinski definition) is 1. The van der Waals surface area contributed by atoms with Crippen LogP contribution < -0.4 is 5.32 Å². The molecule has 16 heavy (non-hydrogen) atoms. The summed E-state index contributed by atoms with van der Waals surface area (Å²) in [5, 5.41) is 7.48. The van der Waals surface area contributed by atoms with E-state index in [9.17, 15) is 9.59 Å². The zero-order chi connectivity index (χ0) is 11.7. The van der Waals surface area contributed by atoms with Gasteiger partial charge in [-0.3, -0.25) is 9.59 Å². The lowest BCUT2D eigenvalue weighted by atomic mass is 10.2. The molecule has 1 N–H and O–H groups in total. The lowest BCUT2D eigenvalue weighted by Gasteiger charge is -2.05. The highest BCUT2D eigenvalue weighted by Gasteiger charge is 2.11. The van der Waals surface area contributed by atoms with Crippen molar-refractivity contribution in [1.29, 1.82) is 0 Å². The lowest BCUT2D eigenvalue weighted by molar-refractivity contribution is -0.114. The van der Waals surface area contributed by atoms with Gasteiger partial charge in [-0.25, -0.2) is 0 Å². The van der Waals surface area contributed by atoms with Crippen LogP contribution in [0.1, 0.15) is 18.6 Å². The summed E-state index contributed by atoms with van der Waals surface area (Å²) in [6, 6.07) is 5.39. The second-order valence-corrected chi connectivity index (χ2v) is 3.50. The minimum Gasteiger partial charge on any atom is -0.324 e. The number of amides is 1. The van der Waals surface area contributed by atoms with Gasteiger partial charge in [0.2, 0.25) is 11.8 Å². The van der Waals surface area contributed by atoms with Crippen LogP contribution in [0.2, 0.25) is 0 Å². The number of rotatable bonds is 1. The van der Waals surface area contributed by atoms with Gasteiger partial charge in [0.15, 0.2) is 0 Å². The first kappa shape index (κ1) is 10.4. The molecular formula is C11H11N3O2. The SMILES string of the molecule is CC(=O)Nc1cccc2cnn(C(C)=O)c12. The van der Waals surface area contributed by atoms with Crippen molar-refractivity contribution in [3.8, 4) is 0 Å². The molecule has 1 aromatic heterocycles. The van der Waals surface area contributed by atoms with Gasteiger partial charge in [-0.15, -0.1) is 0 Å². The van der Waals surface area contributed by atoms with E-state index in [1.807, 2.05) is 6.07 Å². The Hall–Kier alpha value is -2.17. The molecule has 0 fully saturated rings. The van der Waals surface area contributed by atoms with Crippen LogP contribution in [0, 0.1) is 0 Å². The second kappa shape index (κ2) is 3.77. The van der Waals surface area contributed by atoms with Gasteiger partial charge < -0.3 is 5.32 Å². The Kier molecular flexibility index (Phi) is 2.44. The molecular weight excluding hydrogens is 206 g/mol. The first-order valence-corrected chi connectivity index (χ1v) is 4.85. The van der Waals surface area contributed by atoms with Crippen molar-refractivity contribution in [3.63, 3.8) is 0 Å². The monoisotopic (exact) mass is 217 g/mol. The van der Waals surface area contributed by atoms with E-state index in [2.05, 4.69) is 10.4 Å². The van der Waals surface area contributed by atoms with Gasteiger partial charge in [0.05, 0.1) is 11.9 Å². The first-order chi connectivity index (χ1) is 7.59. The van der Waals surface area contributed by atoms with Crippen molar-refractivity contribution in [1.82, 2.24) is 9.78 Å². The molecule has 1 heterocycles. The van der Waals surface area contributed by atoms with Crippen molar-refractivity contribution < 1.29 is 9.59 Å². The van der Waals surface area contributed by atoms with Crippen LogP contribution in [0.5, 0.6) is 0 Å². The molecule has 1 amide bonds. The lowest BCUT2D eigenvalue weighted by Crippen LogP contribution is -2.11. The van der Waals surface area contributed by atoms with E-state index in [4.69, 9.17) is 0 Å². The van der Waals surface area contributed by atoms with E-state index < -0.39 is 0 Å². The largest absolute Gasteiger partial charge is 0.324 e. The zero-order valence-corrected chi connectivity index (χ0v) is 9.02. The van der Waals surface area contributed by atoms with Gasteiger partial charge >= 0.3 is 0 Å². The van der Waals surface area contributed by atoms with E-state index in [-0.39, 0.29) is 11.8 Å². The minimum absolute atomic E-state index is 0.177. The summed E-state index contributed by atoms with van der Waals surface area (Å²) < 4.78 is 1.28. The highest BCUT2D eigenvalue weighted by atomic mass is 16.2. The molecule has 82 valence electrons. The van der Waals surface area contributed by atoms with E-state index in [1.165, 1.54) is 18.5 Å². The first-order valence-electron chi connectivity index (χ1n) is 4.85. The van der Waals surface area contributed by atoms with Gasteiger partial charge in [-0.2, -0.15) is 9.78 Å². The number of para-hydroxylation sites is 1. The van der Waals surface area contributed by atoms with Crippen molar-refractivity contribution in [2.45, 2.75) is 13.8 Å². The predicted molar refractivity (Wildman–Crippen MR) is 60.3 cm³/mol. The number of hydrogen-bond acceptors (Lipinski definition) is 3. The molecule has 0 radical (unpaired) electrons. The maximum atomic E-state index is 11.3. The Morgan fingerprint density at radius 2 is 2.06 bits per heavy atom. The smallest absolute Gasteiger partial charge is 0.244 e. The third kappa shape index (κ3) is 1.67. The molecule has 1 aromatic carbocycles. The molecule has 0 spiro atoms. The predicted octanol–water partition coefficient (Wildman–Crippen LogP) is 1.65. The number of nitrogens with one attached hydrogen (secondary N) is 1. The van der Waals surface area contributed by atoms with Crippen LogP contribution in [-0.4, -0.2) is 21.6 Å². The minimum atomic E-state index is -0.187. The Morgan fingerprint density at radius 3 is 2.69 bits per heavy atom. The summed E-state index contributed by atoms with van der Waals surface area (Å²) in [6.45, 7) is 2.85. The molecule has 0 unspecified atom stereocenters. The fourth-order valence-electron chi connectivity index (χ4n) is 1.61. The van der Waals surface area contributed by atoms with Crippen LogP contribution in [0.3, 0.4) is 0 Å². The number of aromatic nitrogens is 2. The van der Waals surface area contributed by atoms with Crippen molar-refractivity contribution >= 4 is 28.4 Å².